The number of nitrogens with one attached hydrogen (secondary N) is 1. The van der Waals surface area contributed by atoms with Gasteiger partial charge in [0.1, 0.15) is 11.5 Å². The number of aromatic nitrogens is 1. The Kier molecular flexibility index (Phi) is 8.83. The molecule has 0 spiro atoms. The third-order valence-electron chi connectivity index (χ3n) is 5.60. The molecule has 0 aliphatic carbocycles. The van der Waals surface area contributed by atoms with Crippen molar-refractivity contribution in [2.24, 2.45) is 0 Å². The molecule has 1 aromatic carbocycles. The molecule has 184 valence electrons. The van der Waals surface area contributed by atoms with Gasteiger partial charge in [-0.2, -0.15) is 0 Å². The van der Waals surface area contributed by atoms with Crippen LogP contribution in [0, 0.1) is 5.41 Å². The molecule has 0 amide bonds. The molecule has 0 radical (unpaired) electrons. The standard InChI is InChI=1S/C25H31N3O5.BrH/c1-7-17-9-8-15-12-28(24(26)22(15)27-17)13-19(29)16-10-18(25(2,3)4)23(20(11-16)31-5)33-14-21(30)32-6;/h8-11,26H,7,12-14H2,1-6H3;1H. The van der Waals surface area contributed by atoms with E-state index in [4.69, 9.17) is 14.9 Å². The van der Waals surface area contributed by atoms with Crippen LogP contribution in [0.5, 0.6) is 11.5 Å². The molecule has 0 saturated carbocycles. The normalized spacial score (nSPS) is 12.6. The summed E-state index contributed by atoms with van der Waals surface area (Å²) in [5.74, 6) is 0.374. The molecule has 0 bridgehead atoms. The number of fused-ring (bicyclic) bond motifs is 1. The summed E-state index contributed by atoms with van der Waals surface area (Å²) in [4.78, 5) is 31.2. The minimum absolute atomic E-state index is 0. The number of rotatable bonds is 8. The fourth-order valence-corrected chi connectivity index (χ4v) is 3.70. The second kappa shape index (κ2) is 11.0. The second-order valence-electron chi connectivity index (χ2n) is 8.96. The summed E-state index contributed by atoms with van der Waals surface area (Å²) in [7, 11) is 2.78. The zero-order chi connectivity index (χ0) is 24.3. The Bertz CT molecular complexity index is 1090. The van der Waals surface area contributed by atoms with Crippen molar-refractivity contribution in [2.45, 2.75) is 46.1 Å². The Labute approximate surface area is 210 Å². The number of esters is 1. The average molecular weight is 534 g/mol. The van der Waals surface area contributed by atoms with E-state index in [0.29, 0.717) is 29.3 Å². The number of hydrogen-bond donors (Lipinski definition) is 1. The van der Waals surface area contributed by atoms with Crippen LogP contribution in [0.3, 0.4) is 0 Å². The molecule has 3 rings (SSSR count). The molecule has 1 N–H and O–H groups in total. The van der Waals surface area contributed by atoms with E-state index in [1.54, 1.807) is 17.0 Å². The van der Waals surface area contributed by atoms with E-state index >= 15 is 0 Å². The summed E-state index contributed by atoms with van der Waals surface area (Å²) < 4.78 is 15.9. The van der Waals surface area contributed by atoms with Gasteiger partial charge in [-0.3, -0.25) is 10.2 Å². The van der Waals surface area contributed by atoms with E-state index in [0.717, 1.165) is 23.2 Å². The first-order chi connectivity index (χ1) is 15.6. The number of ketones is 1. The number of carbonyl (C=O) groups is 2. The molecule has 1 aromatic heterocycles. The first kappa shape index (κ1) is 27.3. The van der Waals surface area contributed by atoms with Crippen LogP contribution in [0.25, 0.3) is 0 Å². The van der Waals surface area contributed by atoms with E-state index in [1.807, 2.05) is 39.8 Å². The lowest BCUT2D eigenvalue weighted by atomic mass is 9.84. The van der Waals surface area contributed by atoms with Gasteiger partial charge in [0, 0.05) is 28.9 Å². The van der Waals surface area contributed by atoms with E-state index in [2.05, 4.69) is 9.72 Å². The highest BCUT2D eigenvalue weighted by molar-refractivity contribution is 8.93. The Balaban J connectivity index is 0.00000408. The van der Waals surface area contributed by atoms with Gasteiger partial charge in [-0.15, -0.1) is 17.0 Å². The number of ether oxygens (including phenoxy) is 3. The number of Topliss-reactive ketones (excluding diaryl/α,β-unsaturated/α-hetero) is 1. The van der Waals surface area contributed by atoms with Crippen molar-refractivity contribution in [3.8, 4) is 11.5 Å². The van der Waals surface area contributed by atoms with Gasteiger partial charge >= 0.3 is 5.97 Å². The lowest BCUT2D eigenvalue weighted by Gasteiger charge is -2.25. The third kappa shape index (κ3) is 5.75. The van der Waals surface area contributed by atoms with Crippen molar-refractivity contribution in [1.82, 2.24) is 9.88 Å². The fraction of sp³-hybridized carbons (Fsp3) is 0.440. The predicted octanol–water partition coefficient (Wildman–Crippen LogP) is 4.10. The zero-order valence-corrected chi connectivity index (χ0v) is 22.2. The highest BCUT2D eigenvalue weighted by Gasteiger charge is 2.30. The van der Waals surface area contributed by atoms with Crippen LogP contribution in [0.4, 0.5) is 0 Å². The molecule has 8 nitrogen and oxygen atoms in total. The smallest absolute Gasteiger partial charge is 0.343 e. The van der Waals surface area contributed by atoms with Crippen LogP contribution in [0.15, 0.2) is 24.3 Å². The molecule has 0 unspecified atom stereocenters. The van der Waals surface area contributed by atoms with Crippen molar-refractivity contribution in [3.63, 3.8) is 0 Å². The number of benzene rings is 1. The molecule has 1 aliphatic heterocycles. The Morgan fingerprint density at radius 2 is 1.88 bits per heavy atom. The Hall–Kier alpha value is -2.94. The van der Waals surface area contributed by atoms with Gasteiger partial charge in [0.2, 0.25) is 0 Å². The topological polar surface area (TPSA) is 102 Å². The van der Waals surface area contributed by atoms with Crippen molar-refractivity contribution in [1.29, 1.82) is 5.41 Å². The first-order valence-corrected chi connectivity index (χ1v) is 10.9. The highest BCUT2D eigenvalue weighted by atomic mass is 79.9. The summed E-state index contributed by atoms with van der Waals surface area (Å²) in [5.41, 5.74) is 3.32. The van der Waals surface area contributed by atoms with E-state index in [-0.39, 0.29) is 47.2 Å². The minimum Gasteiger partial charge on any atom is -0.493 e. The van der Waals surface area contributed by atoms with Gasteiger partial charge in [-0.05, 0) is 30.0 Å². The SMILES string of the molecule is Br.CCc1ccc2c(n1)C(=N)N(CC(=O)c1cc(OC)c(OCC(=O)OC)c(C(C)(C)C)c1)C2. The summed E-state index contributed by atoms with van der Waals surface area (Å²) in [6.07, 6.45) is 0.791. The number of halogens is 1. The van der Waals surface area contributed by atoms with E-state index in [9.17, 15) is 9.59 Å². The van der Waals surface area contributed by atoms with Gasteiger partial charge in [-0.25, -0.2) is 9.78 Å². The number of methoxy groups -OCH3 is 2. The number of hydrogen-bond acceptors (Lipinski definition) is 7. The summed E-state index contributed by atoms with van der Waals surface area (Å²) in [5, 5.41) is 8.51. The molecule has 0 atom stereocenters. The number of carbonyl (C=O) groups excluding carboxylic acids is 2. The number of pyridine rings is 1. The molecular formula is C25H32BrN3O5. The number of nitrogens with zero attached hydrogens (tertiary/aromatic N) is 2. The van der Waals surface area contributed by atoms with Crippen LogP contribution in [-0.4, -0.2) is 54.8 Å². The highest BCUT2D eigenvalue weighted by Crippen LogP contribution is 2.40. The van der Waals surface area contributed by atoms with E-state index in [1.165, 1.54) is 14.2 Å². The number of aryl methyl sites for hydroxylation is 1. The molecule has 34 heavy (non-hydrogen) atoms. The van der Waals surface area contributed by atoms with Gasteiger partial charge in [0.05, 0.1) is 20.8 Å². The Morgan fingerprint density at radius 1 is 1.18 bits per heavy atom. The van der Waals surface area contributed by atoms with Crippen molar-refractivity contribution >= 4 is 34.6 Å². The maximum absolute atomic E-state index is 13.3. The summed E-state index contributed by atoms with van der Waals surface area (Å²) in [6, 6.07) is 7.33. The lowest BCUT2D eigenvalue weighted by Crippen LogP contribution is -2.30. The predicted molar refractivity (Wildman–Crippen MR) is 135 cm³/mol. The van der Waals surface area contributed by atoms with Crippen molar-refractivity contribution in [3.05, 3.63) is 52.3 Å². The largest absolute Gasteiger partial charge is 0.493 e. The molecule has 0 saturated heterocycles. The zero-order valence-electron chi connectivity index (χ0n) is 20.5. The summed E-state index contributed by atoms with van der Waals surface area (Å²) >= 11 is 0. The third-order valence-corrected chi connectivity index (χ3v) is 5.60. The second-order valence-corrected chi connectivity index (χ2v) is 8.96. The van der Waals surface area contributed by atoms with Gasteiger partial charge in [0.25, 0.3) is 0 Å². The van der Waals surface area contributed by atoms with Crippen LogP contribution in [0.2, 0.25) is 0 Å². The van der Waals surface area contributed by atoms with E-state index < -0.39 is 5.97 Å². The fourth-order valence-electron chi connectivity index (χ4n) is 3.70. The Morgan fingerprint density at radius 3 is 2.47 bits per heavy atom. The molecule has 1 aliphatic rings. The molecule has 2 heterocycles. The van der Waals surface area contributed by atoms with Crippen LogP contribution in [-0.2, 0) is 27.9 Å². The van der Waals surface area contributed by atoms with Gasteiger partial charge < -0.3 is 19.1 Å². The molecule has 2 aromatic rings. The first-order valence-electron chi connectivity index (χ1n) is 10.9. The maximum Gasteiger partial charge on any atom is 0.343 e. The van der Waals surface area contributed by atoms with Crippen molar-refractivity contribution < 1.29 is 23.8 Å². The van der Waals surface area contributed by atoms with Crippen LogP contribution < -0.4 is 9.47 Å². The van der Waals surface area contributed by atoms with Crippen LogP contribution >= 0.6 is 17.0 Å². The number of amidine groups is 1. The quantitative estimate of drug-likeness (QED) is 0.402. The van der Waals surface area contributed by atoms with Crippen LogP contribution in [0.1, 0.15) is 60.6 Å². The van der Waals surface area contributed by atoms with Gasteiger partial charge in [-0.1, -0.05) is 33.8 Å². The summed E-state index contributed by atoms with van der Waals surface area (Å²) in [6.45, 7) is 8.25. The molecular weight excluding hydrogens is 502 g/mol. The maximum atomic E-state index is 13.3. The van der Waals surface area contributed by atoms with Crippen molar-refractivity contribution in [2.75, 3.05) is 27.4 Å². The molecule has 0 fully saturated rings. The average Bonchev–Trinajstić information content (AvgIpc) is 3.10. The molecule has 9 heteroatoms. The lowest BCUT2D eigenvalue weighted by molar-refractivity contribution is -0.142. The monoisotopic (exact) mass is 533 g/mol. The minimum atomic E-state index is -0.510. The van der Waals surface area contributed by atoms with Gasteiger partial charge in [0.15, 0.2) is 23.9 Å².